The number of benzene rings is 1. The van der Waals surface area contributed by atoms with Crippen LogP contribution in [0, 0.1) is 12.8 Å². The van der Waals surface area contributed by atoms with E-state index in [4.69, 9.17) is 0 Å². The second kappa shape index (κ2) is 4.13. The van der Waals surface area contributed by atoms with E-state index in [1.54, 1.807) is 0 Å². The Kier molecular flexibility index (Phi) is 2.84. The van der Waals surface area contributed by atoms with Crippen molar-refractivity contribution in [1.29, 1.82) is 0 Å². The molecule has 3 unspecified atom stereocenters. The largest absolute Gasteiger partial charge is 0.303 e. The number of aldehydes is 1. The lowest BCUT2D eigenvalue weighted by Gasteiger charge is -2.15. The second-order valence-corrected chi connectivity index (χ2v) is 4.18. The normalized spacial score (nSPS) is 30.4. The van der Waals surface area contributed by atoms with Gasteiger partial charge in [-0.15, -0.1) is 0 Å². The molecule has 1 aromatic rings. The Labute approximate surface area is 89.8 Å². The fourth-order valence-corrected chi connectivity index (χ4v) is 1.98. The fraction of sp³-hybridized carbons (Fsp3) is 0.417. The summed E-state index contributed by atoms with van der Waals surface area (Å²) in [6, 6.07) is 8.57. The Morgan fingerprint density at radius 1 is 1.20 bits per heavy atom. The SMILES string of the molecule is Cc1ccc(C2NNC(C)C2C=O)cc1. The van der Waals surface area contributed by atoms with Crippen molar-refractivity contribution in [2.75, 3.05) is 0 Å². The lowest BCUT2D eigenvalue weighted by atomic mass is 9.91. The summed E-state index contributed by atoms with van der Waals surface area (Å²) >= 11 is 0. The van der Waals surface area contributed by atoms with E-state index < -0.39 is 0 Å². The van der Waals surface area contributed by atoms with Crippen molar-refractivity contribution in [1.82, 2.24) is 10.9 Å². The third-order valence-electron chi connectivity index (χ3n) is 3.02. The van der Waals surface area contributed by atoms with Gasteiger partial charge in [-0.1, -0.05) is 29.8 Å². The van der Waals surface area contributed by atoms with Crippen molar-refractivity contribution in [3.8, 4) is 0 Å². The summed E-state index contributed by atoms with van der Waals surface area (Å²) in [5.74, 6) is 0.00714. The van der Waals surface area contributed by atoms with E-state index in [1.165, 1.54) is 5.56 Å². The smallest absolute Gasteiger partial charge is 0.126 e. The molecule has 1 aromatic carbocycles. The highest BCUT2D eigenvalue weighted by molar-refractivity contribution is 5.57. The molecule has 3 heteroatoms. The summed E-state index contributed by atoms with van der Waals surface area (Å²) in [6.45, 7) is 4.07. The van der Waals surface area contributed by atoms with Crippen molar-refractivity contribution < 1.29 is 4.79 Å². The van der Waals surface area contributed by atoms with Crippen molar-refractivity contribution >= 4 is 6.29 Å². The highest BCUT2D eigenvalue weighted by Crippen LogP contribution is 2.27. The molecule has 3 atom stereocenters. The molecule has 1 aliphatic heterocycles. The first-order valence-corrected chi connectivity index (χ1v) is 5.25. The van der Waals surface area contributed by atoms with Crippen molar-refractivity contribution in [2.45, 2.75) is 25.9 Å². The molecule has 2 rings (SSSR count). The van der Waals surface area contributed by atoms with E-state index in [0.29, 0.717) is 0 Å². The first-order chi connectivity index (χ1) is 7.22. The predicted molar refractivity (Wildman–Crippen MR) is 59.2 cm³/mol. The number of nitrogens with one attached hydrogen (secondary N) is 2. The van der Waals surface area contributed by atoms with Gasteiger partial charge in [-0.2, -0.15) is 0 Å². The topological polar surface area (TPSA) is 41.1 Å². The third kappa shape index (κ3) is 1.94. The number of carbonyl (C=O) groups excluding carboxylic acids is 1. The van der Waals surface area contributed by atoms with Crippen LogP contribution in [-0.4, -0.2) is 12.3 Å². The second-order valence-electron chi connectivity index (χ2n) is 4.18. The van der Waals surface area contributed by atoms with Gasteiger partial charge in [0.05, 0.1) is 12.0 Å². The van der Waals surface area contributed by atoms with Gasteiger partial charge < -0.3 is 4.79 Å². The molecule has 0 amide bonds. The quantitative estimate of drug-likeness (QED) is 0.714. The minimum Gasteiger partial charge on any atom is -0.303 e. The first-order valence-electron chi connectivity index (χ1n) is 5.25. The number of hydrazine groups is 1. The number of aryl methyl sites for hydroxylation is 1. The molecule has 80 valence electrons. The van der Waals surface area contributed by atoms with Crippen LogP contribution in [0.1, 0.15) is 24.1 Å². The molecule has 0 aromatic heterocycles. The number of hydrogen-bond donors (Lipinski definition) is 2. The Morgan fingerprint density at radius 3 is 2.47 bits per heavy atom. The molecule has 0 spiro atoms. The molecular formula is C12H16N2O. The molecule has 0 radical (unpaired) electrons. The average molecular weight is 204 g/mol. The van der Waals surface area contributed by atoms with Gasteiger partial charge in [0.25, 0.3) is 0 Å². The summed E-state index contributed by atoms with van der Waals surface area (Å²) in [7, 11) is 0. The lowest BCUT2D eigenvalue weighted by Crippen LogP contribution is -2.29. The van der Waals surface area contributed by atoms with E-state index in [0.717, 1.165) is 11.8 Å². The number of carbonyl (C=O) groups is 1. The molecule has 0 saturated carbocycles. The van der Waals surface area contributed by atoms with Crippen molar-refractivity contribution in [3.63, 3.8) is 0 Å². The molecule has 1 heterocycles. The summed E-state index contributed by atoms with van der Waals surface area (Å²) in [6.07, 6.45) is 1.03. The van der Waals surface area contributed by atoms with E-state index in [2.05, 4.69) is 42.0 Å². The van der Waals surface area contributed by atoms with E-state index >= 15 is 0 Å². The van der Waals surface area contributed by atoms with Crippen LogP contribution >= 0.6 is 0 Å². The van der Waals surface area contributed by atoms with Crippen molar-refractivity contribution in [2.24, 2.45) is 5.92 Å². The summed E-state index contributed by atoms with van der Waals surface area (Å²) in [5.41, 5.74) is 8.66. The van der Waals surface area contributed by atoms with E-state index in [-0.39, 0.29) is 18.0 Å². The van der Waals surface area contributed by atoms with Crippen LogP contribution < -0.4 is 10.9 Å². The molecule has 2 N–H and O–H groups in total. The maximum absolute atomic E-state index is 11.0. The molecular weight excluding hydrogens is 188 g/mol. The molecule has 1 saturated heterocycles. The van der Waals surface area contributed by atoms with Crippen LogP contribution in [0.3, 0.4) is 0 Å². The fourth-order valence-electron chi connectivity index (χ4n) is 1.98. The van der Waals surface area contributed by atoms with Gasteiger partial charge in [-0.25, -0.2) is 5.43 Å². The maximum Gasteiger partial charge on any atom is 0.126 e. The predicted octanol–water partition coefficient (Wildman–Crippen LogP) is 1.35. The van der Waals surface area contributed by atoms with Crippen LogP contribution in [0.5, 0.6) is 0 Å². The van der Waals surface area contributed by atoms with Gasteiger partial charge in [0.1, 0.15) is 6.29 Å². The van der Waals surface area contributed by atoms with Crippen molar-refractivity contribution in [3.05, 3.63) is 35.4 Å². The Balaban J connectivity index is 2.23. The molecule has 15 heavy (non-hydrogen) atoms. The highest BCUT2D eigenvalue weighted by Gasteiger charge is 2.33. The lowest BCUT2D eigenvalue weighted by molar-refractivity contribution is -0.111. The third-order valence-corrected chi connectivity index (χ3v) is 3.02. The summed E-state index contributed by atoms with van der Waals surface area (Å²) < 4.78 is 0. The highest BCUT2D eigenvalue weighted by atomic mass is 16.1. The summed E-state index contributed by atoms with van der Waals surface area (Å²) in [4.78, 5) is 11.0. The van der Waals surface area contributed by atoms with Gasteiger partial charge in [0.2, 0.25) is 0 Å². The van der Waals surface area contributed by atoms with E-state index in [1.807, 2.05) is 6.92 Å². The summed E-state index contributed by atoms with van der Waals surface area (Å²) in [5, 5.41) is 0. The molecule has 1 aliphatic rings. The van der Waals surface area contributed by atoms with Gasteiger partial charge in [0, 0.05) is 6.04 Å². The number of rotatable bonds is 2. The van der Waals surface area contributed by atoms with Gasteiger partial charge in [-0.05, 0) is 19.4 Å². The number of hydrogen-bond acceptors (Lipinski definition) is 3. The standard InChI is InChI=1S/C12H16N2O/c1-8-3-5-10(6-4-8)12-11(7-15)9(2)13-14-12/h3-7,9,11-14H,1-2H3. The molecule has 3 nitrogen and oxygen atoms in total. The van der Waals surface area contributed by atoms with Crippen LogP contribution in [0.25, 0.3) is 0 Å². The molecule has 1 fully saturated rings. The Morgan fingerprint density at radius 2 is 1.87 bits per heavy atom. The minimum absolute atomic E-state index is 0.00714. The molecule has 0 bridgehead atoms. The van der Waals surface area contributed by atoms with Gasteiger partial charge >= 0.3 is 0 Å². The monoisotopic (exact) mass is 204 g/mol. The van der Waals surface area contributed by atoms with Gasteiger partial charge in [0.15, 0.2) is 0 Å². The average Bonchev–Trinajstić information content (AvgIpc) is 2.61. The Hall–Kier alpha value is -1.19. The van der Waals surface area contributed by atoms with Crippen LogP contribution in [0.2, 0.25) is 0 Å². The molecule has 0 aliphatic carbocycles. The maximum atomic E-state index is 11.0. The zero-order valence-electron chi connectivity index (χ0n) is 9.03. The Bertz CT molecular complexity index is 347. The zero-order valence-corrected chi connectivity index (χ0v) is 9.03. The minimum atomic E-state index is 0.00714. The van der Waals surface area contributed by atoms with Gasteiger partial charge in [-0.3, -0.25) is 5.43 Å². The van der Waals surface area contributed by atoms with Crippen LogP contribution in [0.4, 0.5) is 0 Å². The zero-order chi connectivity index (χ0) is 10.8. The van der Waals surface area contributed by atoms with E-state index in [9.17, 15) is 4.79 Å². The first kappa shape index (κ1) is 10.3. The van der Waals surface area contributed by atoms with Crippen LogP contribution in [0.15, 0.2) is 24.3 Å². The van der Waals surface area contributed by atoms with Crippen LogP contribution in [-0.2, 0) is 4.79 Å².